The van der Waals surface area contributed by atoms with Gasteiger partial charge in [0.25, 0.3) is 5.91 Å². The number of aryl methyl sites for hydroxylation is 1. The number of para-hydroxylation sites is 1. The maximum absolute atomic E-state index is 12.4. The molecule has 0 spiro atoms. The second kappa shape index (κ2) is 8.11. The first-order chi connectivity index (χ1) is 12.2. The molecule has 1 aliphatic heterocycles. The number of thiazole rings is 1. The van der Waals surface area contributed by atoms with E-state index in [-0.39, 0.29) is 11.8 Å². The topological polar surface area (TPSA) is 62.7 Å². The molecule has 6 nitrogen and oxygen atoms in total. The Bertz CT molecular complexity index is 725. The Morgan fingerprint density at radius 3 is 2.56 bits per heavy atom. The maximum atomic E-state index is 12.4. The van der Waals surface area contributed by atoms with Gasteiger partial charge in [-0.3, -0.25) is 9.59 Å². The fourth-order valence-electron chi connectivity index (χ4n) is 2.95. The van der Waals surface area contributed by atoms with E-state index in [4.69, 9.17) is 4.74 Å². The molecule has 0 radical (unpaired) electrons. The lowest BCUT2D eigenvalue weighted by Crippen LogP contribution is -2.50. The van der Waals surface area contributed by atoms with E-state index >= 15 is 0 Å². The predicted molar refractivity (Wildman–Crippen MR) is 95.9 cm³/mol. The first kappa shape index (κ1) is 17.4. The number of aromatic nitrogens is 1. The van der Waals surface area contributed by atoms with Gasteiger partial charge in [-0.05, 0) is 18.1 Å². The third kappa shape index (κ3) is 4.17. The molecule has 2 amide bonds. The average molecular weight is 359 g/mol. The Labute approximate surface area is 151 Å². The van der Waals surface area contributed by atoms with Gasteiger partial charge in [-0.25, -0.2) is 4.98 Å². The number of benzene rings is 1. The van der Waals surface area contributed by atoms with Gasteiger partial charge < -0.3 is 14.5 Å². The fourth-order valence-corrected chi connectivity index (χ4v) is 3.47. The summed E-state index contributed by atoms with van der Waals surface area (Å²) in [5.41, 5.74) is 3.18. The molecule has 1 fully saturated rings. The highest BCUT2D eigenvalue weighted by Crippen LogP contribution is 2.19. The van der Waals surface area contributed by atoms with Crippen LogP contribution in [-0.2, 0) is 11.2 Å². The van der Waals surface area contributed by atoms with Gasteiger partial charge in [-0.15, -0.1) is 11.3 Å². The molecule has 0 saturated carbocycles. The van der Waals surface area contributed by atoms with Crippen molar-refractivity contribution >= 4 is 23.2 Å². The third-order valence-corrected chi connectivity index (χ3v) is 4.96. The number of piperazine rings is 1. The summed E-state index contributed by atoms with van der Waals surface area (Å²) in [5, 5.41) is 1.76. The van der Waals surface area contributed by atoms with Gasteiger partial charge in [0, 0.05) is 38.0 Å². The molecule has 1 aliphatic rings. The van der Waals surface area contributed by atoms with Crippen LogP contribution in [0.5, 0.6) is 5.75 Å². The molecule has 3 rings (SSSR count). The van der Waals surface area contributed by atoms with Gasteiger partial charge >= 0.3 is 0 Å². The molecule has 0 bridgehead atoms. The standard InChI is InChI=1S/C18H21N3O3S/c1-24-16-5-3-2-4-14(16)6-7-17(22)20-8-10-21(11-9-20)18(23)15-12-25-13-19-15/h2-5,12-13H,6-11H2,1H3. The second-order valence-corrected chi connectivity index (χ2v) is 6.58. The lowest BCUT2D eigenvalue weighted by Gasteiger charge is -2.34. The number of amides is 2. The van der Waals surface area contributed by atoms with Crippen molar-refractivity contribution in [3.8, 4) is 5.75 Å². The molecule has 0 atom stereocenters. The Balaban J connectivity index is 1.49. The average Bonchev–Trinajstić information content (AvgIpc) is 3.20. The maximum Gasteiger partial charge on any atom is 0.273 e. The van der Waals surface area contributed by atoms with E-state index < -0.39 is 0 Å². The molecule has 2 aromatic rings. The van der Waals surface area contributed by atoms with E-state index in [9.17, 15) is 9.59 Å². The van der Waals surface area contributed by atoms with E-state index in [2.05, 4.69) is 4.98 Å². The monoisotopic (exact) mass is 359 g/mol. The number of carbonyl (C=O) groups excluding carboxylic acids is 2. The molecule has 132 valence electrons. The van der Waals surface area contributed by atoms with Gasteiger partial charge in [-0.1, -0.05) is 18.2 Å². The van der Waals surface area contributed by atoms with Crippen LogP contribution in [0.4, 0.5) is 0 Å². The zero-order valence-corrected chi connectivity index (χ0v) is 15.0. The fraction of sp³-hybridized carbons (Fsp3) is 0.389. The lowest BCUT2D eigenvalue weighted by atomic mass is 10.1. The van der Waals surface area contributed by atoms with Crippen LogP contribution in [0.25, 0.3) is 0 Å². The summed E-state index contributed by atoms with van der Waals surface area (Å²) in [6, 6.07) is 7.76. The van der Waals surface area contributed by atoms with Crippen molar-refractivity contribution in [2.45, 2.75) is 12.8 Å². The minimum atomic E-state index is -0.0534. The summed E-state index contributed by atoms with van der Waals surface area (Å²) < 4.78 is 5.32. The second-order valence-electron chi connectivity index (χ2n) is 5.86. The van der Waals surface area contributed by atoms with Crippen molar-refractivity contribution in [3.63, 3.8) is 0 Å². The SMILES string of the molecule is COc1ccccc1CCC(=O)N1CCN(C(=O)c2cscn2)CC1. The molecule has 0 N–H and O–H groups in total. The molecular weight excluding hydrogens is 338 g/mol. The van der Waals surface area contributed by atoms with Crippen LogP contribution in [0.15, 0.2) is 35.2 Å². The van der Waals surface area contributed by atoms with E-state index in [1.54, 1.807) is 22.9 Å². The number of ether oxygens (including phenoxy) is 1. The Kier molecular flexibility index (Phi) is 5.65. The molecule has 1 aromatic heterocycles. The highest BCUT2D eigenvalue weighted by atomic mass is 32.1. The minimum Gasteiger partial charge on any atom is -0.496 e. The number of rotatable bonds is 5. The molecule has 2 heterocycles. The molecule has 1 saturated heterocycles. The Hall–Kier alpha value is -2.41. The summed E-state index contributed by atoms with van der Waals surface area (Å²) in [7, 11) is 1.64. The van der Waals surface area contributed by atoms with Crippen LogP contribution in [0, 0.1) is 0 Å². The van der Waals surface area contributed by atoms with Crippen LogP contribution in [0.1, 0.15) is 22.5 Å². The predicted octanol–water partition coefficient (Wildman–Crippen LogP) is 2.07. The highest BCUT2D eigenvalue weighted by molar-refractivity contribution is 7.07. The van der Waals surface area contributed by atoms with E-state index in [1.807, 2.05) is 29.2 Å². The molecule has 0 unspecified atom stereocenters. The van der Waals surface area contributed by atoms with Gasteiger partial charge in [-0.2, -0.15) is 0 Å². The summed E-state index contributed by atoms with van der Waals surface area (Å²) in [4.78, 5) is 32.4. The van der Waals surface area contributed by atoms with E-state index in [0.29, 0.717) is 44.7 Å². The van der Waals surface area contributed by atoms with E-state index in [0.717, 1.165) is 11.3 Å². The Morgan fingerprint density at radius 1 is 1.16 bits per heavy atom. The van der Waals surface area contributed by atoms with Crippen LogP contribution in [-0.4, -0.2) is 59.9 Å². The molecule has 7 heteroatoms. The molecular formula is C18H21N3O3S. The van der Waals surface area contributed by atoms with Crippen LogP contribution in [0.2, 0.25) is 0 Å². The van der Waals surface area contributed by atoms with Crippen molar-refractivity contribution in [2.24, 2.45) is 0 Å². The summed E-state index contributed by atoms with van der Waals surface area (Å²) in [6.07, 6.45) is 1.10. The number of nitrogens with zero attached hydrogens (tertiary/aromatic N) is 3. The largest absolute Gasteiger partial charge is 0.496 e. The number of hydrogen-bond donors (Lipinski definition) is 0. The zero-order chi connectivity index (χ0) is 17.6. The van der Waals surface area contributed by atoms with Crippen LogP contribution in [0.3, 0.4) is 0 Å². The number of hydrogen-bond acceptors (Lipinski definition) is 5. The molecule has 1 aromatic carbocycles. The van der Waals surface area contributed by atoms with Crippen molar-refractivity contribution in [1.82, 2.24) is 14.8 Å². The normalized spacial score (nSPS) is 14.4. The number of carbonyl (C=O) groups is 2. The molecule has 0 aliphatic carbocycles. The molecule has 25 heavy (non-hydrogen) atoms. The summed E-state index contributed by atoms with van der Waals surface area (Å²) in [6.45, 7) is 2.24. The van der Waals surface area contributed by atoms with Gasteiger partial charge in [0.05, 0.1) is 12.6 Å². The van der Waals surface area contributed by atoms with Gasteiger partial charge in [0.1, 0.15) is 11.4 Å². The summed E-state index contributed by atoms with van der Waals surface area (Å²) >= 11 is 1.41. The van der Waals surface area contributed by atoms with Crippen molar-refractivity contribution in [2.75, 3.05) is 33.3 Å². The van der Waals surface area contributed by atoms with Gasteiger partial charge in [0.2, 0.25) is 5.91 Å². The smallest absolute Gasteiger partial charge is 0.273 e. The van der Waals surface area contributed by atoms with Crippen LogP contribution < -0.4 is 4.74 Å². The van der Waals surface area contributed by atoms with Crippen molar-refractivity contribution in [1.29, 1.82) is 0 Å². The first-order valence-electron chi connectivity index (χ1n) is 8.26. The highest BCUT2D eigenvalue weighted by Gasteiger charge is 2.25. The Morgan fingerprint density at radius 2 is 1.88 bits per heavy atom. The van der Waals surface area contributed by atoms with Crippen LogP contribution >= 0.6 is 11.3 Å². The van der Waals surface area contributed by atoms with Gasteiger partial charge in [0.15, 0.2) is 0 Å². The lowest BCUT2D eigenvalue weighted by molar-refractivity contribution is -0.132. The number of methoxy groups -OCH3 is 1. The van der Waals surface area contributed by atoms with E-state index in [1.165, 1.54) is 11.3 Å². The first-order valence-corrected chi connectivity index (χ1v) is 9.20. The van der Waals surface area contributed by atoms with Crippen molar-refractivity contribution in [3.05, 3.63) is 46.4 Å². The minimum absolute atomic E-state index is 0.0534. The quantitative estimate of drug-likeness (QED) is 0.820. The van der Waals surface area contributed by atoms with Crippen molar-refractivity contribution < 1.29 is 14.3 Å². The third-order valence-electron chi connectivity index (χ3n) is 4.37. The zero-order valence-electron chi connectivity index (χ0n) is 14.2. The summed E-state index contributed by atoms with van der Waals surface area (Å²) in [5.74, 6) is 0.878.